The quantitative estimate of drug-likeness (QED) is 0.278. The molecule has 0 bridgehead atoms. The number of unbranched alkanes of at least 4 members (excludes halogenated alkanes) is 2. The second-order valence-electron chi connectivity index (χ2n) is 6.89. The zero-order valence-electron chi connectivity index (χ0n) is 17.2. The van der Waals surface area contributed by atoms with E-state index in [4.69, 9.17) is 38.4 Å². The lowest BCUT2D eigenvalue weighted by atomic mass is 10.1. The Morgan fingerprint density at radius 3 is 2.33 bits per heavy atom. The molecule has 2 aromatic rings. The van der Waals surface area contributed by atoms with Crippen molar-refractivity contribution >= 4 is 41.3 Å². The molecular formula is C22H31Cl3N2O3. The van der Waals surface area contributed by atoms with Crippen LogP contribution in [-0.2, 0) is 11.2 Å². The summed E-state index contributed by atoms with van der Waals surface area (Å²) in [5, 5.41) is 14.2. The number of anilines is 1. The van der Waals surface area contributed by atoms with E-state index in [-0.39, 0.29) is 12.4 Å². The van der Waals surface area contributed by atoms with E-state index < -0.39 is 6.10 Å². The highest BCUT2D eigenvalue weighted by Crippen LogP contribution is 2.31. The third-order valence-electron chi connectivity index (χ3n) is 4.66. The number of nitrogens with two attached hydrogens (primary N) is 1. The van der Waals surface area contributed by atoms with Crippen molar-refractivity contribution in [2.24, 2.45) is 0 Å². The van der Waals surface area contributed by atoms with E-state index in [1.54, 1.807) is 19.2 Å². The van der Waals surface area contributed by atoms with Gasteiger partial charge in [-0.1, -0.05) is 35.3 Å². The number of aliphatic hydroxyl groups excluding tert-OH is 1. The molecule has 0 amide bonds. The molecule has 0 spiro atoms. The predicted molar refractivity (Wildman–Crippen MR) is 127 cm³/mol. The number of halogens is 3. The second-order valence-corrected chi connectivity index (χ2v) is 7.70. The lowest BCUT2D eigenvalue weighted by Crippen LogP contribution is -2.22. The zero-order valence-corrected chi connectivity index (χ0v) is 19.5. The first-order valence-electron chi connectivity index (χ1n) is 9.85. The van der Waals surface area contributed by atoms with E-state index >= 15 is 0 Å². The second kappa shape index (κ2) is 14.7. The maximum atomic E-state index is 10.2. The van der Waals surface area contributed by atoms with E-state index in [0.29, 0.717) is 27.8 Å². The van der Waals surface area contributed by atoms with Crippen molar-refractivity contribution in [3.8, 4) is 5.75 Å². The van der Waals surface area contributed by atoms with Gasteiger partial charge in [-0.15, -0.1) is 12.4 Å². The minimum absolute atomic E-state index is 0. The molecule has 0 aliphatic heterocycles. The first-order chi connectivity index (χ1) is 14.0. The molecule has 0 heterocycles. The van der Waals surface area contributed by atoms with Crippen molar-refractivity contribution in [1.82, 2.24) is 5.32 Å². The molecular weight excluding hydrogens is 447 g/mol. The van der Waals surface area contributed by atoms with Crippen LogP contribution < -0.4 is 15.8 Å². The van der Waals surface area contributed by atoms with E-state index in [1.165, 1.54) is 5.56 Å². The Morgan fingerprint density at radius 2 is 1.70 bits per heavy atom. The fourth-order valence-electron chi connectivity index (χ4n) is 2.87. The fourth-order valence-corrected chi connectivity index (χ4v) is 3.37. The van der Waals surface area contributed by atoms with Gasteiger partial charge in [-0.3, -0.25) is 0 Å². The maximum Gasteiger partial charge on any atom is 0.118 e. The van der Waals surface area contributed by atoms with Crippen LogP contribution in [0, 0.1) is 0 Å². The molecule has 0 aromatic heterocycles. The van der Waals surface area contributed by atoms with Crippen LogP contribution >= 0.6 is 35.6 Å². The molecule has 0 saturated carbocycles. The van der Waals surface area contributed by atoms with Gasteiger partial charge >= 0.3 is 0 Å². The highest BCUT2D eigenvalue weighted by molar-refractivity contribution is 6.38. The van der Waals surface area contributed by atoms with E-state index in [2.05, 4.69) is 17.4 Å². The van der Waals surface area contributed by atoms with Gasteiger partial charge in [0.2, 0.25) is 0 Å². The molecule has 5 nitrogen and oxygen atoms in total. The largest absolute Gasteiger partial charge is 0.497 e. The molecule has 0 saturated heterocycles. The number of benzene rings is 2. The van der Waals surface area contributed by atoms with Crippen molar-refractivity contribution in [2.75, 3.05) is 39.1 Å². The Labute approximate surface area is 195 Å². The topological polar surface area (TPSA) is 76.7 Å². The van der Waals surface area contributed by atoms with Gasteiger partial charge in [-0.25, -0.2) is 0 Å². The fraction of sp³-hybridized carbons (Fsp3) is 0.455. The standard InChI is InChI=1S/C22H30Cl2N2O3.ClH/c1-28-18-7-5-16(6-8-18)9-12-29-11-4-2-3-10-26-15-21(27)17-13-19(23)22(25)20(24)14-17;/h5-8,13-14,21,26-27H,2-4,9-12,15,25H2,1H3;1H. The van der Waals surface area contributed by atoms with Crippen molar-refractivity contribution in [3.63, 3.8) is 0 Å². The van der Waals surface area contributed by atoms with Crippen LogP contribution in [0.15, 0.2) is 36.4 Å². The minimum atomic E-state index is -0.674. The Bertz CT molecular complexity index is 722. The molecule has 4 N–H and O–H groups in total. The number of ether oxygens (including phenoxy) is 2. The predicted octanol–water partition coefficient (Wildman–Crippen LogP) is 5.06. The molecule has 168 valence electrons. The first kappa shape index (κ1) is 26.8. The molecule has 2 aromatic carbocycles. The Balaban J connectivity index is 0.00000450. The maximum absolute atomic E-state index is 10.2. The molecule has 0 fully saturated rings. The van der Waals surface area contributed by atoms with Crippen LogP contribution in [0.2, 0.25) is 10.0 Å². The Hall–Kier alpha value is -1.21. The highest BCUT2D eigenvalue weighted by Gasteiger charge is 2.11. The van der Waals surface area contributed by atoms with Gasteiger partial charge in [-0.05, 0) is 67.6 Å². The highest BCUT2D eigenvalue weighted by atomic mass is 35.5. The van der Waals surface area contributed by atoms with Crippen LogP contribution in [0.3, 0.4) is 0 Å². The summed E-state index contributed by atoms with van der Waals surface area (Å²) in [4.78, 5) is 0. The van der Waals surface area contributed by atoms with Gasteiger partial charge in [-0.2, -0.15) is 0 Å². The molecule has 0 aliphatic carbocycles. The van der Waals surface area contributed by atoms with E-state index in [1.807, 2.05) is 12.1 Å². The first-order valence-corrected chi connectivity index (χ1v) is 10.6. The third kappa shape index (κ3) is 9.29. The minimum Gasteiger partial charge on any atom is -0.497 e. The van der Waals surface area contributed by atoms with Gasteiger partial charge in [0.25, 0.3) is 0 Å². The van der Waals surface area contributed by atoms with Crippen LogP contribution in [0.1, 0.15) is 36.5 Å². The molecule has 2 rings (SSSR count). The zero-order chi connectivity index (χ0) is 21.1. The lowest BCUT2D eigenvalue weighted by Gasteiger charge is -2.14. The summed E-state index contributed by atoms with van der Waals surface area (Å²) < 4.78 is 10.9. The van der Waals surface area contributed by atoms with Crippen LogP contribution in [0.4, 0.5) is 5.69 Å². The molecule has 0 aliphatic rings. The number of aliphatic hydroxyl groups is 1. The Kier molecular flexibility index (Phi) is 13.2. The van der Waals surface area contributed by atoms with Crippen molar-refractivity contribution in [1.29, 1.82) is 0 Å². The SMILES string of the molecule is COc1ccc(CCOCCCCCNCC(O)c2cc(Cl)c(N)c(Cl)c2)cc1.Cl. The van der Waals surface area contributed by atoms with Crippen molar-refractivity contribution in [2.45, 2.75) is 31.8 Å². The van der Waals surface area contributed by atoms with E-state index in [9.17, 15) is 5.11 Å². The summed E-state index contributed by atoms with van der Waals surface area (Å²) in [5.41, 5.74) is 7.96. The Morgan fingerprint density at radius 1 is 1.03 bits per heavy atom. The number of nitrogens with one attached hydrogen (secondary N) is 1. The molecule has 1 atom stereocenters. The monoisotopic (exact) mass is 476 g/mol. The average molecular weight is 478 g/mol. The number of rotatable bonds is 13. The average Bonchev–Trinajstić information content (AvgIpc) is 2.73. The normalized spacial score (nSPS) is 11.7. The molecule has 30 heavy (non-hydrogen) atoms. The van der Waals surface area contributed by atoms with Gasteiger partial charge in [0.05, 0.1) is 35.6 Å². The number of methoxy groups -OCH3 is 1. The summed E-state index contributed by atoms with van der Waals surface area (Å²) in [6, 6.07) is 11.4. The summed E-state index contributed by atoms with van der Waals surface area (Å²) in [6.45, 7) is 2.76. The number of nitrogen functional groups attached to an aromatic ring is 1. The third-order valence-corrected chi connectivity index (χ3v) is 5.29. The lowest BCUT2D eigenvalue weighted by molar-refractivity contribution is 0.132. The van der Waals surface area contributed by atoms with Gasteiger partial charge in [0, 0.05) is 13.2 Å². The number of hydrogen-bond donors (Lipinski definition) is 3. The molecule has 8 heteroatoms. The van der Waals surface area contributed by atoms with Crippen LogP contribution in [-0.4, -0.2) is 38.5 Å². The summed E-state index contributed by atoms with van der Waals surface area (Å²) >= 11 is 12.0. The molecule has 1 unspecified atom stereocenters. The van der Waals surface area contributed by atoms with Gasteiger partial charge < -0.3 is 25.6 Å². The van der Waals surface area contributed by atoms with Crippen molar-refractivity contribution < 1.29 is 14.6 Å². The summed E-state index contributed by atoms with van der Waals surface area (Å²) in [7, 11) is 1.67. The van der Waals surface area contributed by atoms with Crippen LogP contribution in [0.25, 0.3) is 0 Å². The van der Waals surface area contributed by atoms with Crippen molar-refractivity contribution in [3.05, 3.63) is 57.6 Å². The molecule has 0 radical (unpaired) electrons. The smallest absolute Gasteiger partial charge is 0.118 e. The van der Waals surface area contributed by atoms with Gasteiger partial charge in [0.15, 0.2) is 0 Å². The number of hydrogen-bond acceptors (Lipinski definition) is 5. The van der Waals surface area contributed by atoms with E-state index in [0.717, 1.165) is 51.2 Å². The summed E-state index contributed by atoms with van der Waals surface area (Å²) in [5.74, 6) is 0.872. The van der Waals surface area contributed by atoms with Crippen LogP contribution in [0.5, 0.6) is 5.75 Å². The summed E-state index contributed by atoms with van der Waals surface area (Å²) in [6.07, 6.45) is 3.36. The van der Waals surface area contributed by atoms with Gasteiger partial charge in [0.1, 0.15) is 5.75 Å².